The number of nitrogens with one attached hydrogen (secondary N) is 1. The van der Waals surface area contributed by atoms with Gasteiger partial charge in [-0.1, -0.05) is 30.3 Å². The van der Waals surface area contributed by atoms with Gasteiger partial charge in [-0.25, -0.2) is 4.79 Å². The highest BCUT2D eigenvalue weighted by atomic mass is 16.5. The number of carbonyl (C=O) groups is 1. The molecule has 0 bridgehead atoms. The number of benzene rings is 1. The maximum Gasteiger partial charge on any atom is 0.356 e. The lowest BCUT2D eigenvalue weighted by Gasteiger charge is -2.29. The molecule has 1 aliphatic rings. The Morgan fingerprint density at radius 3 is 2.60 bits per heavy atom. The van der Waals surface area contributed by atoms with E-state index in [1.165, 1.54) is 0 Å². The van der Waals surface area contributed by atoms with E-state index in [0.717, 1.165) is 5.56 Å². The third-order valence-corrected chi connectivity index (χ3v) is 3.33. The van der Waals surface area contributed by atoms with E-state index in [1.807, 2.05) is 35.2 Å². The number of morpholine rings is 1. The topological polar surface area (TPSA) is 78.4 Å². The first-order chi connectivity index (χ1) is 9.77. The second-order valence-corrected chi connectivity index (χ2v) is 4.57. The molecule has 3 rings (SSSR count). The van der Waals surface area contributed by atoms with Crippen LogP contribution in [0.15, 0.2) is 30.3 Å². The van der Waals surface area contributed by atoms with Crippen LogP contribution in [0.25, 0.3) is 11.3 Å². The summed E-state index contributed by atoms with van der Waals surface area (Å²) in [5.74, 6) is -0.999. The molecule has 0 atom stereocenters. The van der Waals surface area contributed by atoms with Crippen molar-refractivity contribution >= 4 is 11.7 Å². The van der Waals surface area contributed by atoms with E-state index < -0.39 is 5.97 Å². The molecule has 0 amide bonds. The monoisotopic (exact) mass is 273 g/mol. The summed E-state index contributed by atoms with van der Waals surface area (Å²) in [6.07, 6.45) is 0. The third-order valence-electron chi connectivity index (χ3n) is 3.33. The molecule has 1 fully saturated rings. The Kier molecular flexibility index (Phi) is 3.39. The third kappa shape index (κ3) is 2.25. The number of aromatic amines is 1. The van der Waals surface area contributed by atoms with Crippen molar-refractivity contribution in [1.29, 1.82) is 0 Å². The smallest absolute Gasteiger partial charge is 0.356 e. The lowest BCUT2D eigenvalue weighted by Crippen LogP contribution is -2.37. The van der Waals surface area contributed by atoms with Crippen LogP contribution in [0, 0.1) is 0 Å². The Balaban J connectivity index is 2.08. The van der Waals surface area contributed by atoms with Crippen LogP contribution >= 0.6 is 0 Å². The fourth-order valence-corrected chi connectivity index (χ4v) is 2.38. The van der Waals surface area contributed by atoms with Gasteiger partial charge in [-0.3, -0.25) is 5.10 Å². The van der Waals surface area contributed by atoms with Gasteiger partial charge in [0.2, 0.25) is 0 Å². The molecule has 2 N–H and O–H groups in total. The van der Waals surface area contributed by atoms with E-state index in [-0.39, 0.29) is 5.69 Å². The Labute approximate surface area is 116 Å². The van der Waals surface area contributed by atoms with Gasteiger partial charge in [0.15, 0.2) is 5.69 Å². The first kappa shape index (κ1) is 12.7. The molecular weight excluding hydrogens is 258 g/mol. The predicted octanol–water partition coefficient (Wildman–Crippen LogP) is 1.61. The maximum absolute atomic E-state index is 11.4. The largest absolute Gasteiger partial charge is 0.476 e. The minimum Gasteiger partial charge on any atom is -0.476 e. The van der Waals surface area contributed by atoms with Crippen LogP contribution in [-0.2, 0) is 4.74 Å². The molecule has 0 aliphatic carbocycles. The number of aromatic nitrogens is 2. The summed E-state index contributed by atoms with van der Waals surface area (Å²) in [6, 6.07) is 9.58. The first-order valence-corrected chi connectivity index (χ1v) is 6.47. The Bertz CT molecular complexity index is 603. The fraction of sp³-hybridized carbons (Fsp3) is 0.286. The van der Waals surface area contributed by atoms with Gasteiger partial charge in [-0.2, -0.15) is 5.10 Å². The lowest BCUT2D eigenvalue weighted by atomic mass is 10.1. The van der Waals surface area contributed by atoms with Gasteiger partial charge in [0.1, 0.15) is 5.69 Å². The van der Waals surface area contributed by atoms with E-state index >= 15 is 0 Å². The SMILES string of the molecule is O=C(O)c1[nH]nc(-c2ccccc2)c1N1CCOCC1. The number of carboxylic acids is 1. The second kappa shape index (κ2) is 5.34. The minimum atomic E-state index is -0.999. The standard InChI is InChI=1S/C14H15N3O3/c18-14(19)12-13(17-6-8-20-9-7-17)11(15-16-12)10-4-2-1-3-5-10/h1-5H,6-9H2,(H,15,16)(H,18,19). The average Bonchev–Trinajstić information content (AvgIpc) is 2.94. The van der Waals surface area contributed by atoms with Crippen molar-refractivity contribution in [2.45, 2.75) is 0 Å². The van der Waals surface area contributed by atoms with E-state index in [4.69, 9.17) is 4.74 Å². The molecule has 0 unspecified atom stereocenters. The predicted molar refractivity (Wildman–Crippen MR) is 74.0 cm³/mol. The van der Waals surface area contributed by atoms with E-state index in [1.54, 1.807) is 0 Å². The summed E-state index contributed by atoms with van der Waals surface area (Å²) in [5.41, 5.74) is 2.35. The zero-order chi connectivity index (χ0) is 13.9. The van der Waals surface area contributed by atoms with Crippen molar-refractivity contribution in [3.8, 4) is 11.3 Å². The molecule has 1 aromatic carbocycles. The molecule has 0 spiro atoms. The van der Waals surface area contributed by atoms with Crippen LogP contribution in [0.4, 0.5) is 5.69 Å². The average molecular weight is 273 g/mol. The summed E-state index contributed by atoms with van der Waals surface area (Å²) in [7, 11) is 0. The van der Waals surface area contributed by atoms with Crippen molar-refractivity contribution in [3.63, 3.8) is 0 Å². The zero-order valence-electron chi connectivity index (χ0n) is 10.9. The number of carboxylic acid groups (broad SMARTS) is 1. The van der Waals surface area contributed by atoms with Crippen LogP contribution < -0.4 is 4.90 Å². The summed E-state index contributed by atoms with van der Waals surface area (Å²) in [4.78, 5) is 13.4. The van der Waals surface area contributed by atoms with Crippen LogP contribution in [0.5, 0.6) is 0 Å². The zero-order valence-corrected chi connectivity index (χ0v) is 10.9. The Hall–Kier alpha value is -2.34. The molecule has 6 nitrogen and oxygen atoms in total. The number of nitrogens with zero attached hydrogens (tertiary/aromatic N) is 2. The Morgan fingerprint density at radius 1 is 1.25 bits per heavy atom. The molecule has 0 saturated carbocycles. The van der Waals surface area contributed by atoms with E-state index in [9.17, 15) is 9.90 Å². The van der Waals surface area contributed by atoms with Crippen LogP contribution in [0.2, 0.25) is 0 Å². The highest BCUT2D eigenvalue weighted by molar-refractivity contribution is 5.97. The quantitative estimate of drug-likeness (QED) is 0.888. The summed E-state index contributed by atoms with van der Waals surface area (Å²) in [6.45, 7) is 2.52. The van der Waals surface area contributed by atoms with Crippen molar-refractivity contribution in [3.05, 3.63) is 36.0 Å². The summed E-state index contributed by atoms with van der Waals surface area (Å²) >= 11 is 0. The molecule has 1 aliphatic heterocycles. The number of hydrogen-bond donors (Lipinski definition) is 2. The molecular formula is C14H15N3O3. The van der Waals surface area contributed by atoms with Gasteiger partial charge in [-0.05, 0) is 0 Å². The molecule has 2 aromatic rings. The molecule has 2 heterocycles. The first-order valence-electron chi connectivity index (χ1n) is 6.47. The highest BCUT2D eigenvalue weighted by Crippen LogP contribution is 2.32. The van der Waals surface area contributed by atoms with E-state index in [2.05, 4.69) is 10.2 Å². The van der Waals surface area contributed by atoms with Gasteiger partial charge in [0.25, 0.3) is 0 Å². The van der Waals surface area contributed by atoms with Gasteiger partial charge in [-0.15, -0.1) is 0 Å². The molecule has 1 aromatic heterocycles. The number of aromatic carboxylic acids is 1. The maximum atomic E-state index is 11.4. The molecule has 1 saturated heterocycles. The molecule has 6 heteroatoms. The number of anilines is 1. The summed E-state index contributed by atoms with van der Waals surface area (Å²) < 4.78 is 5.32. The minimum absolute atomic E-state index is 0.130. The van der Waals surface area contributed by atoms with Gasteiger partial charge in [0.05, 0.1) is 18.9 Å². The van der Waals surface area contributed by atoms with Crippen LogP contribution in [0.1, 0.15) is 10.5 Å². The molecule has 20 heavy (non-hydrogen) atoms. The van der Waals surface area contributed by atoms with E-state index in [0.29, 0.717) is 37.7 Å². The van der Waals surface area contributed by atoms with Crippen LogP contribution in [0.3, 0.4) is 0 Å². The second-order valence-electron chi connectivity index (χ2n) is 4.57. The number of ether oxygens (including phenoxy) is 1. The normalized spacial score (nSPS) is 15.3. The van der Waals surface area contributed by atoms with Crippen molar-refractivity contribution in [2.75, 3.05) is 31.2 Å². The summed E-state index contributed by atoms with van der Waals surface area (Å²) in [5, 5.41) is 16.2. The molecule has 0 radical (unpaired) electrons. The van der Waals surface area contributed by atoms with Gasteiger partial charge >= 0.3 is 5.97 Å². The van der Waals surface area contributed by atoms with Crippen molar-refractivity contribution < 1.29 is 14.6 Å². The number of rotatable bonds is 3. The van der Waals surface area contributed by atoms with Gasteiger partial charge in [0, 0.05) is 18.7 Å². The number of hydrogen-bond acceptors (Lipinski definition) is 4. The molecule has 104 valence electrons. The van der Waals surface area contributed by atoms with Crippen LogP contribution in [-0.4, -0.2) is 47.6 Å². The van der Waals surface area contributed by atoms with Crippen molar-refractivity contribution in [1.82, 2.24) is 10.2 Å². The number of H-pyrrole nitrogens is 1. The lowest BCUT2D eigenvalue weighted by molar-refractivity contribution is 0.0690. The Morgan fingerprint density at radius 2 is 1.95 bits per heavy atom. The fourth-order valence-electron chi connectivity index (χ4n) is 2.38. The highest BCUT2D eigenvalue weighted by Gasteiger charge is 2.25. The van der Waals surface area contributed by atoms with Gasteiger partial charge < -0.3 is 14.7 Å². The van der Waals surface area contributed by atoms with Crippen molar-refractivity contribution in [2.24, 2.45) is 0 Å².